The molecule has 0 aliphatic carbocycles. The van der Waals surface area contributed by atoms with Gasteiger partial charge in [0.05, 0.1) is 11.4 Å². The van der Waals surface area contributed by atoms with E-state index >= 15 is 0 Å². The van der Waals surface area contributed by atoms with Gasteiger partial charge in [0, 0.05) is 50.7 Å². The first-order chi connectivity index (χ1) is 14.5. The zero-order valence-electron chi connectivity index (χ0n) is 17.8. The lowest BCUT2D eigenvalue weighted by Crippen LogP contribution is -2.46. The third kappa shape index (κ3) is 4.40. The molecule has 3 aromatic rings. The van der Waals surface area contributed by atoms with Gasteiger partial charge in [-0.1, -0.05) is 30.3 Å². The molecule has 0 N–H and O–H groups in total. The molecule has 1 aromatic heterocycles. The van der Waals surface area contributed by atoms with Crippen molar-refractivity contribution in [2.75, 3.05) is 36.0 Å². The number of nitrogens with zero attached hydrogens (tertiary/aromatic N) is 4. The Labute approximate surface area is 182 Å². The second-order valence-corrected chi connectivity index (χ2v) is 8.63. The first kappa shape index (κ1) is 20.6. The Morgan fingerprint density at radius 3 is 2.47 bits per heavy atom. The summed E-state index contributed by atoms with van der Waals surface area (Å²) in [5.41, 5.74) is 5.52. The maximum absolute atomic E-state index is 12.5. The van der Waals surface area contributed by atoms with E-state index in [1.165, 1.54) is 22.6 Å². The Bertz CT molecular complexity index is 1010. The van der Waals surface area contributed by atoms with Gasteiger partial charge in [0.2, 0.25) is 5.91 Å². The van der Waals surface area contributed by atoms with E-state index in [1.54, 1.807) is 11.8 Å². The van der Waals surface area contributed by atoms with Crippen LogP contribution in [0.1, 0.15) is 23.7 Å². The molecule has 1 aliphatic heterocycles. The highest BCUT2D eigenvalue weighted by Crippen LogP contribution is 2.32. The van der Waals surface area contributed by atoms with Crippen molar-refractivity contribution < 1.29 is 4.79 Å². The summed E-state index contributed by atoms with van der Waals surface area (Å²) in [6.45, 7) is 10.6. The molecule has 0 atom stereocenters. The van der Waals surface area contributed by atoms with Crippen molar-refractivity contribution in [3.8, 4) is 0 Å². The molecule has 156 valence electrons. The van der Waals surface area contributed by atoms with E-state index in [-0.39, 0.29) is 5.91 Å². The quantitative estimate of drug-likeness (QED) is 0.596. The number of para-hydroxylation sites is 1. The summed E-state index contributed by atoms with van der Waals surface area (Å²) < 4.78 is 0. The molecule has 1 fully saturated rings. The van der Waals surface area contributed by atoms with Gasteiger partial charge in [-0.05, 0) is 43.2 Å². The smallest absolute Gasteiger partial charge is 0.230 e. The summed E-state index contributed by atoms with van der Waals surface area (Å²) in [5, 5.41) is 2.83. The average molecular weight is 421 g/mol. The summed E-state index contributed by atoms with van der Waals surface area (Å²) in [4.78, 5) is 23.9. The van der Waals surface area contributed by atoms with Crippen molar-refractivity contribution in [2.24, 2.45) is 0 Å². The number of aromatic nitrogens is 1. The molecule has 2 aromatic carbocycles. The normalized spacial score (nSPS) is 14.7. The zero-order chi connectivity index (χ0) is 21.1. The molecule has 1 amide bonds. The fourth-order valence-electron chi connectivity index (χ4n) is 3.89. The molecule has 5 nitrogen and oxygen atoms in total. The molecule has 0 bridgehead atoms. The molecular weight excluding hydrogens is 392 g/mol. The average Bonchev–Trinajstić information content (AvgIpc) is 3.20. The second kappa shape index (κ2) is 8.98. The number of hydrogen-bond donors (Lipinski definition) is 0. The van der Waals surface area contributed by atoms with Crippen LogP contribution < -0.4 is 9.80 Å². The Hall–Kier alpha value is -2.70. The SMILES string of the molecule is CC(=O)N(c1nc(CN2CCN(c3ccccc3)CC2)cs1)c1cccc(C)c1C. The van der Waals surface area contributed by atoms with Crippen LogP contribution in [0.5, 0.6) is 0 Å². The number of aryl methyl sites for hydroxylation is 1. The van der Waals surface area contributed by atoms with Crippen LogP contribution in [0.25, 0.3) is 0 Å². The highest BCUT2D eigenvalue weighted by atomic mass is 32.1. The summed E-state index contributed by atoms with van der Waals surface area (Å²) in [5.74, 6) is -0.0129. The second-order valence-electron chi connectivity index (χ2n) is 7.79. The van der Waals surface area contributed by atoms with Crippen molar-refractivity contribution >= 4 is 33.8 Å². The van der Waals surface area contributed by atoms with Crippen LogP contribution in [0.4, 0.5) is 16.5 Å². The predicted molar refractivity (Wildman–Crippen MR) is 125 cm³/mol. The van der Waals surface area contributed by atoms with Gasteiger partial charge in [-0.2, -0.15) is 0 Å². The van der Waals surface area contributed by atoms with Crippen molar-refractivity contribution in [2.45, 2.75) is 27.3 Å². The Kier molecular flexibility index (Phi) is 6.16. The minimum absolute atomic E-state index is 0.0129. The van der Waals surface area contributed by atoms with Crippen LogP contribution in [0.15, 0.2) is 53.9 Å². The van der Waals surface area contributed by atoms with E-state index in [1.807, 2.05) is 12.1 Å². The van der Waals surface area contributed by atoms with Gasteiger partial charge < -0.3 is 4.90 Å². The van der Waals surface area contributed by atoms with Gasteiger partial charge in [0.1, 0.15) is 0 Å². The van der Waals surface area contributed by atoms with Gasteiger partial charge in [-0.15, -0.1) is 11.3 Å². The van der Waals surface area contributed by atoms with Crippen LogP contribution in [0.2, 0.25) is 0 Å². The van der Waals surface area contributed by atoms with Crippen molar-refractivity contribution in [3.05, 3.63) is 70.7 Å². The number of amides is 1. The minimum atomic E-state index is -0.0129. The molecule has 30 heavy (non-hydrogen) atoms. The van der Waals surface area contributed by atoms with Crippen molar-refractivity contribution in [1.82, 2.24) is 9.88 Å². The van der Waals surface area contributed by atoms with E-state index < -0.39 is 0 Å². The van der Waals surface area contributed by atoms with Crippen LogP contribution >= 0.6 is 11.3 Å². The summed E-state index contributed by atoms with van der Waals surface area (Å²) in [7, 11) is 0. The third-order valence-electron chi connectivity index (χ3n) is 5.74. The van der Waals surface area contributed by atoms with Crippen LogP contribution in [-0.2, 0) is 11.3 Å². The van der Waals surface area contributed by atoms with Crippen molar-refractivity contribution in [3.63, 3.8) is 0 Å². The highest BCUT2D eigenvalue weighted by molar-refractivity contribution is 7.14. The monoisotopic (exact) mass is 420 g/mol. The van der Waals surface area contributed by atoms with E-state index in [0.29, 0.717) is 0 Å². The molecule has 1 saturated heterocycles. The molecule has 4 rings (SSSR count). The molecule has 0 radical (unpaired) electrons. The fraction of sp³-hybridized carbons (Fsp3) is 0.333. The molecule has 0 spiro atoms. The molecular formula is C24H28N4OS. The number of benzene rings is 2. The molecule has 2 heterocycles. The Morgan fingerprint density at radius 2 is 1.77 bits per heavy atom. The van der Waals surface area contributed by atoms with E-state index in [4.69, 9.17) is 4.98 Å². The molecule has 0 unspecified atom stereocenters. The fourth-order valence-corrected chi connectivity index (χ4v) is 4.76. The van der Waals surface area contributed by atoms with E-state index in [9.17, 15) is 4.79 Å². The van der Waals surface area contributed by atoms with Crippen molar-refractivity contribution in [1.29, 1.82) is 0 Å². The first-order valence-corrected chi connectivity index (χ1v) is 11.2. The standard InChI is InChI=1S/C24H28N4OS/c1-18-8-7-11-23(19(18)2)28(20(3)29)24-25-21(17-30-24)16-26-12-14-27(15-13-26)22-9-5-4-6-10-22/h4-11,17H,12-16H2,1-3H3. The lowest BCUT2D eigenvalue weighted by Gasteiger charge is -2.35. The number of thiazole rings is 1. The first-order valence-electron chi connectivity index (χ1n) is 10.4. The number of carbonyl (C=O) groups excluding carboxylic acids is 1. The maximum atomic E-state index is 12.5. The summed E-state index contributed by atoms with van der Waals surface area (Å²) in [6.07, 6.45) is 0. The number of hydrogen-bond acceptors (Lipinski definition) is 5. The number of carbonyl (C=O) groups is 1. The van der Waals surface area contributed by atoms with Gasteiger partial charge in [-0.3, -0.25) is 14.6 Å². The van der Waals surface area contributed by atoms with E-state index in [2.05, 4.69) is 65.4 Å². The number of rotatable bonds is 5. The summed E-state index contributed by atoms with van der Waals surface area (Å²) in [6, 6.07) is 16.6. The summed E-state index contributed by atoms with van der Waals surface area (Å²) >= 11 is 1.54. The molecule has 6 heteroatoms. The third-order valence-corrected chi connectivity index (χ3v) is 6.62. The van der Waals surface area contributed by atoms with Gasteiger partial charge in [0.25, 0.3) is 0 Å². The predicted octanol–water partition coefficient (Wildman–Crippen LogP) is 4.77. The van der Waals surface area contributed by atoms with Gasteiger partial charge in [-0.25, -0.2) is 4.98 Å². The maximum Gasteiger partial charge on any atom is 0.230 e. The minimum Gasteiger partial charge on any atom is -0.369 e. The largest absolute Gasteiger partial charge is 0.369 e. The topological polar surface area (TPSA) is 39.7 Å². The Balaban J connectivity index is 1.44. The lowest BCUT2D eigenvalue weighted by molar-refractivity contribution is -0.115. The van der Waals surface area contributed by atoms with Crippen LogP contribution in [0.3, 0.4) is 0 Å². The molecule has 1 aliphatic rings. The Morgan fingerprint density at radius 1 is 1.03 bits per heavy atom. The van der Waals surface area contributed by atoms with Crippen LogP contribution in [0, 0.1) is 13.8 Å². The van der Waals surface area contributed by atoms with Gasteiger partial charge in [0.15, 0.2) is 5.13 Å². The lowest BCUT2D eigenvalue weighted by atomic mass is 10.1. The van der Waals surface area contributed by atoms with Gasteiger partial charge >= 0.3 is 0 Å². The number of piperazine rings is 1. The van der Waals surface area contributed by atoms with E-state index in [0.717, 1.165) is 54.8 Å². The highest BCUT2D eigenvalue weighted by Gasteiger charge is 2.22. The molecule has 0 saturated carbocycles. The van der Waals surface area contributed by atoms with Crippen LogP contribution in [-0.4, -0.2) is 42.0 Å². The zero-order valence-corrected chi connectivity index (χ0v) is 18.7. The number of anilines is 3.